The zero-order valence-electron chi connectivity index (χ0n) is 11.6. The fourth-order valence-electron chi connectivity index (χ4n) is 2.37. The van der Waals surface area contributed by atoms with Gasteiger partial charge in [-0.15, -0.1) is 0 Å². The number of likely N-dealkylation sites (N-methyl/N-ethyl adjacent to an activating group) is 2. The van der Waals surface area contributed by atoms with Gasteiger partial charge in [0.1, 0.15) is 6.67 Å². The average Bonchev–Trinajstić information content (AvgIpc) is 2.74. The van der Waals surface area contributed by atoms with Crippen LogP contribution < -0.4 is 5.32 Å². The fourth-order valence-corrected chi connectivity index (χ4v) is 2.37. The van der Waals surface area contributed by atoms with Gasteiger partial charge in [0.15, 0.2) is 5.84 Å². The molecule has 0 aromatic heterocycles. The molecule has 2 heterocycles. The van der Waals surface area contributed by atoms with Crippen LogP contribution >= 0.6 is 0 Å². The van der Waals surface area contributed by atoms with E-state index in [2.05, 4.69) is 20.1 Å². The third-order valence-corrected chi connectivity index (χ3v) is 3.33. The van der Waals surface area contributed by atoms with Gasteiger partial charge in [0.25, 0.3) is 0 Å². The molecular formula is C12H23N5O2. The third-order valence-electron chi connectivity index (χ3n) is 3.33. The van der Waals surface area contributed by atoms with Crippen LogP contribution in [0.2, 0.25) is 0 Å². The number of β-amino-alcohol motifs (C(OH)–C–C–N with tert-alkyl or cyclic N) is 1. The Hall–Kier alpha value is -1.31. The minimum atomic E-state index is -0.459. The summed E-state index contributed by atoms with van der Waals surface area (Å²) in [5, 5.41) is 22.1. The molecule has 0 aliphatic carbocycles. The standard InChI is InChI=1S/C12H23N5O2/c1-15(3-4-18)6-10(19)7-17-9-14-12-11(17)5-13-8-16(12)2/h5,10,13,18-19H,3-4,6-9H2,1-2H3. The van der Waals surface area contributed by atoms with Crippen LogP contribution in [0.4, 0.5) is 0 Å². The third kappa shape index (κ3) is 3.37. The van der Waals surface area contributed by atoms with Crippen molar-refractivity contribution in [3.8, 4) is 0 Å². The summed E-state index contributed by atoms with van der Waals surface area (Å²) in [4.78, 5) is 10.5. The Bertz CT molecular complexity index is 371. The van der Waals surface area contributed by atoms with Gasteiger partial charge in [-0.05, 0) is 7.05 Å². The van der Waals surface area contributed by atoms with E-state index in [1.807, 2.05) is 25.2 Å². The summed E-state index contributed by atoms with van der Waals surface area (Å²) < 4.78 is 0. The Labute approximate surface area is 113 Å². The Balaban J connectivity index is 1.86. The Morgan fingerprint density at radius 1 is 1.58 bits per heavy atom. The van der Waals surface area contributed by atoms with Crippen molar-refractivity contribution < 1.29 is 10.2 Å². The van der Waals surface area contributed by atoms with Gasteiger partial charge >= 0.3 is 0 Å². The molecule has 7 nitrogen and oxygen atoms in total. The average molecular weight is 269 g/mol. The maximum atomic E-state index is 10.1. The first-order valence-corrected chi connectivity index (χ1v) is 6.53. The molecule has 2 rings (SSSR count). The van der Waals surface area contributed by atoms with E-state index in [-0.39, 0.29) is 6.61 Å². The molecule has 0 fully saturated rings. The first-order valence-electron chi connectivity index (χ1n) is 6.53. The second-order valence-electron chi connectivity index (χ2n) is 5.07. The van der Waals surface area contributed by atoms with Crippen molar-refractivity contribution in [3.05, 3.63) is 11.9 Å². The van der Waals surface area contributed by atoms with Crippen LogP contribution in [-0.4, -0.2) is 90.5 Å². The minimum Gasteiger partial charge on any atom is -0.395 e. The second-order valence-corrected chi connectivity index (χ2v) is 5.07. The van der Waals surface area contributed by atoms with E-state index in [1.165, 1.54) is 0 Å². The lowest BCUT2D eigenvalue weighted by atomic mass is 10.2. The van der Waals surface area contributed by atoms with Crippen LogP contribution in [0.1, 0.15) is 0 Å². The molecule has 2 aliphatic heterocycles. The Morgan fingerprint density at radius 3 is 3.11 bits per heavy atom. The fraction of sp³-hybridized carbons (Fsp3) is 0.750. The predicted molar refractivity (Wildman–Crippen MR) is 73.4 cm³/mol. The molecular weight excluding hydrogens is 246 g/mol. The van der Waals surface area contributed by atoms with Crippen molar-refractivity contribution in [2.75, 3.05) is 53.7 Å². The topological polar surface area (TPSA) is 74.6 Å². The zero-order valence-corrected chi connectivity index (χ0v) is 11.6. The highest BCUT2D eigenvalue weighted by Crippen LogP contribution is 2.18. The summed E-state index contributed by atoms with van der Waals surface area (Å²) in [5.41, 5.74) is 1.04. The van der Waals surface area contributed by atoms with E-state index in [0.717, 1.165) is 18.2 Å². The molecule has 1 atom stereocenters. The van der Waals surface area contributed by atoms with Crippen LogP contribution in [0.15, 0.2) is 16.9 Å². The van der Waals surface area contributed by atoms with Gasteiger partial charge in [-0.2, -0.15) is 0 Å². The number of hydrogen-bond acceptors (Lipinski definition) is 7. The van der Waals surface area contributed by atoms with Crippen molar-refractivity contribution >= 4 is 5.84 Å². The maximum Gasteiger partial charge on any atom is 0.152 e. The largest absolute Gasteiger partial charge is 0.395 e. The molecule has 3 N–H and O–H groups in total. The Kier molecular flexibility index (Phi) is 4.62. The van der Waals surface area contributed by atoms with Crippen molar-refractivity contribution in [1.29, 1.82) is 0 Å². The van der Waals surface area contributed by atoms with Gasteiger partial charge in [0.05, 0.1) is 25.1 Å². The molecule has 0 saturated carbocycles. The van der Waals surface area contributed by atoms with Crippen LogP contribution in [0.3, 0.4) is 0 Å². The highest BCUT2D eigenvalue weighted by atomic mass is 16.3. The summed E-state index contributed by atoms with van der Waals surface area (Å²) in [6.07, 6.45) is 1.50. The number of hydrogen-bond donors (Lipinski definition) is 3. The summed E-state index contributed by atoms with van der Waals surface area (Å²) in [5.74, 6) is 0.981. The van der Waals surface area contributed by atoms with E-state index in [0.29, 0.717) is 26.3 Å². The van der Waals surface area contributed by atoms with Gasteiger partial charge in [-0.25, -0.2) is 4.99 Å². The van der Waals surface area contributed by atoms with Crippen molar-refractivity contribution in [1.82, 2.24) is 20.0 Å². The normalized spacial score (nSPS) is 20.1. The minimum absolute atomic E-state index is 0.111. The number of nitrogens with one attached hydrogen (secondary N) is 1. The number of rotatable bonds is 6. The molecule has 0 radical (unpaired) electrons. The number of aliphatic hydroxyl groups excluding tert-OH is 2. The number of amidine groups is 1. The summed E-state index contributed by atoms with van der Waals surface area (Å²) >= 11 is 0. The maximum absolute atomic E-state index is 10.1. The predicted octanol–water partition coefficient (Wildman–Crippen LogP) is -1.72. The van der Waals surface area contributed by atoms with Crippen LogP contribution in [0.5, 0.6) is 0 Å². The molecule has 0 spiro atoms. The molecule has 2 aliphatic rings. The molecule has 0 saturated heterocycles. The first kappa shape index (κ1) is 14.1. The molecule has 19 heavy (non-hydrogen) atoms. The lowest BCUT2D eigenvalue weighted by Crippen LogP contribution is -2.44. The first-order chi connectivity index (χ1) is 9.11. The molecule has 0 amide bonds. The number of aliphatic hydroxyl groups is 2. The van der Waals surface area contributed by atoms with Crippen molar-refractivity contribution in [3.63, 3.8) is 0 Å². The van der Waals surface area contributed by atoms with Gasteiger partial charge in [-0.3, -0.25) is 0 Å². The van der Waals surface area contributed by atoms with Crippen LogP contribution in [0, 0.1) is 0 Å². The molecule has 0 bridgehead atoms. The van der Waals surface area contributed by atoms with E-state index in [4.69, 9.17) is 5.11 Å². The van der Waals surface area contributed by atoms with Gasteiger partial charge in [0, 0.05) is 32.9 Å². The molecule has 7 heteroatoms. The van der Waals surface area contributed by atoms with E-state index >= 15 is 0 Å². The van der Waals surface area contributed by atoms with Gasteiger partial charge in [0.2, 0.25) is 0 Å². The Morgan fingerprint density at radius 2 is 2.37 bits per heavy atom. The van der Waals surface area contributed by atoms with Crippen molar-refractivity contribution in [2.45, 2.75) is 6.10 Å². The lowest BCUT2D eigenvalue weighted by Gasteiger charge is -2.30. The number of fused-ring (bicyclic) bond motifs is 1. The monoisotopic (exact) mass is 269 g/mol. The van der Waals surface area contributed by atoms with Gasteiger partial charge in [-0.1, -0.05) is 0 Å². The van der Waals surface area contributed by atoms with Crippen LogP contribution in [0.25, 0.3) is 0 Å². The SMILES string of the molecule is CN(CCO)CC(O)CN1CN=C2C1=CNCN2C. The summed E-state index contributed by atoms with van der Waals surface area (Å²) in [7, 11) is 3.88. The van der Waals surface area contributed by atoms with Crippen molar-refractivity contribution in [2.24, 2.45) is 4.99 Å². The lowest BCUT2D eigenvalue weighted by molar-refractivity contribution is 0.0901. The number of aliphatic imine (C=N–C) groups is 1. The van der Waals surface area contributed by atoms with Crippen LogP contribution in [-0.2, 0) is 0 Å². The molecule has 0 aromatic carbocycles. The zero-order chi connectivity index (χ0) is 13.8. The summed E-state index contributed by atoms with van der Waals surface area (Å²) in [6.45, 7) is 3.13. The molecule has 1 unspecified atom stereocenters. The molecule has 108 valence electrons. The smallest absolute Gasteiger partial charge is 0.152 e. The van der Waals surface area contributed by atoms with E-state index in [1.54, 1.807) is 0 Å². The highest BCUT2D eigenvalue weighted by Gasteiger charge is 2.28. The van der Waals surface area contributed by atoms with E-state index in [9.17, 15) is 5.11 Å². The summed E-state index contributed by atoms with van der Waals surface area (Å²) in [6, 6.07) is 0. The molecule has 0 aromatic rings. The number of nitrogens with zero attached hydrogens (tertiary/aromatic N) is 4. The highest BCUT2D eigenvalue weighted by molar-refractivity contribution is 5.99. The van der Waals surface area contributed by atoms with E-state index < -0.39 is 6.10 Å². The quantitative estimate of drug-likeness (QED) is 0.532. The second kappa shape index (κ2) is 6.23. The van der Waals surface area contributed by atoms with Gasteiger partial charge < -0.3 is 30.2 Å².